The van der Waals surface area contributed by atoms with E-state index in [4.69, 9.17) is 24.5 Å². The zero-order valence-electron chi connectivity index (χ0n) is 16.6. The first-order valence-corrected chi connectivity index (χ1v) is 9.38. The summed E-state index contributed by atoms with van der Waals surface area (Å²) >= 11 is 0. The second-order valence-electron chi connectivity index (χ2n) is 6.82. The SMILES string of the molecule is CC(C)OCc1ccc(Cc2ccc(C3=NCCN3)cc2)cc1.O=C(O)C(=O)O. The minimum atomic E-state index is -1.82. The van der Waals surface area contributed by atoms with Crippen molar-refractivity contribution in [3.63, 3.8) is 0 Å². The summed E-state index contributed by atoms with van der Waals surface area (Å²) in [5.41, 5.74) is 5.04. The van der Waals surface area contributed by atoms with Crippen molar-refractivity contribution in [1.29, 1.82) is 0 Å². The van der Waals surface area contributed by atoms with Crippen LogP contribution < -0.4 is 5.32 Å². The van der Waals surface area contributed by atoms with Crippen molar-refractivity contribution in [2.45, 2.75) is 33.0 Å². The molecule has 0 spiro atoms. The van der Waals surface area contributed by atoms with Crippen LogP contribution in [0.25, 0.3) is 0 Å². The maximum absolute atomic E-state index is 9.10. The van der Waals surface area contributed by atoms with E-state index in [2.05, 4.69) is 72.7 Å². The van der Waals surface area contributed by atoms with Gasteiger partial charge in [-0.25, -0.2) is 9.59 Å². The number of hydrogen-bond donors (Lipinski definition) is 3. The molecule has 0 aromatic heterocycles. The minimum absolute atomic E-state index is 0.271. The Bertz CT molecular complexity index is 831. The number of hydrogen-bond acceptors (Lipinski definition) is 5. The Hall–Kier alpha value is -3.19. The summed E-state index contributed by atoms with van der Waals surface area (Å²) in [5.74, 6) is -2.63. The zero-order chi connectivity index (χ0) is 21.2. The van der Waals surface area contributed by atoms with Gasteiger partial charge in [-0.05, 0) is 37.0 Å². The highest BCUT2D eigenvalue weighted by atomic mass is 16.5. The van der Waals surface area contributed by atoms with Crippen LogP contribution in [-0.4, -0.2) is 47.2 Å². The molecule has 0 saturated heterocycles. The molecule has 29 heavy (non-hydrogen) atoms. The molecule has 3 rings (SSSR count). The molecule has 0 radical (unpaired) electrons. The van der Waals surface area contributed by atoms with Crippen LogP contribution >= 0.6 is 0 Å². The third-order valence-corrected chi connectivity index (χ3v) is 4.10. The highest BCUT2D eigenvalue weighted by Gasteiger charge is 2.07. The van der Waals surface area contributed by atoms with Gasteiger partial charge in [-0.2, -0.15) is 0 Å². The van der Waals surface area contributed by atoms with Crippen LogP contribution in [0.5, 0.6) is 0 Å². The van der Waals surface area contributed by atoms with E-state index in [1.807, 2.05) is 0 Å². The van der Waals surface area contributed by atoms with Crippen molar-refractivity contribution in [2.24, 2.45) is 4.99 Å². The Labute approximate surface area is 170 Å². The third-order valence-electron chi connectivity index (χ3n) is 4.10. The van der Waals surface area contributed by atoms with Gasteiger partial charge in [0.25, 0.3) is 0 Å². The smallest absolute Gasteiger partial charge is 0.414 e. The van der Waals surface area contributed by atoms with Gasteiger partial charge in [-0.15, -0.1) is 0 Å². The largest absolute Gasteiger partial charge is 0.473 e. The Morgan fingerprint density at radius 1 is 0.966 bits per heavy atom. The fourth-order valence-electron chi connectivity index (χ4n) is 2.62. The average molecular weight is 398 g/mol. The lowest BCUT2D eigenvalue weighted by atomic mass is 10.0. The molecule has 0 unspecified atom stereocenters. The molecule has 2 aromatic carbocycles. The summed E-state index contributed by atoms with van der Waals surface area (Å²) in [6, 6.07) is 17.4. The van der Waals surface area contributed by atoms with Gasteiger partial charge in [0.1, 0.15) is 5.84 Å². The quantitative estimate of drug-likeness (QED) is 0.646. The molecule has 7 heteroatoms. The van der Waals surface area contributed by atoms with Crippen LogP contribution in [0.3, 0.4) is 0 Å². The number of aliphatic imine (C=N–C) groups is 1. The lowest BCUT2D eigenvalue weighted by Gasteiger charge is -2.09. The van der Waals surface area contributed by atoms with E-state index in [1.165, 1.54) is 22.3 Å². The average Bonchev–Trinajstić information content (AvgIpc) is 3.23. The number of aliphatic carboxylic acids is 2. The molecule has 1 heterocycles. The summed E-state index contributed by atoms with van der Waals surface area (Å²) in [5, 5.41) is 18.1. The molecular weight excluding hydrogens is 372 g/mol. The van der Waals surface area contributed by atoms with Gasteiger partial charge < -0.3 is 20.3 Å². The molecule has 7 nitrogen and oxygen atoms in total. The van der Waals surface area contributed by atoms with Crippen molar-refractivity contribution in [2.75, 3.05) is 13.1 Å². The van der Waals surface area contributed by atoms with E-state index in [9.17, 15) is 0 Å². The number of ether oxygens (including phenoxy) is 1. The number of nitrogens with one attached hydrogen (secondary N) is 1. The van der Waals surface area contributed by atoms with Gasteiger partial charge in [0.05, 0.1) is 19.3 Å². The molecule has 0 atom stereocenters. The molecule has 1 aliphatic heterocycles. The maximum Gasteiger partial charge on any atom is 0.414 e. The van der Waals surface area contributed by atoms with E-state index in [1.54, 1.807) is 0 Å². The van der Waals surface area contributed by atoms with E-state index in [0.29, 0.717) is 6.61 Å². The lowest BCUT2D eigenvalue weighted by Crippen LogP contribution is -2.19. The molecule has 0 bridgehead atoms. The normalized spacial score (nSPS) is 12.6. The minimum Gasteiger partial charge on any atom is -0.473 e. The summed E-state index contributed by atoms with van der Waals surface area (Å²) in [6.07, 6.45) is 1.22. The predicted molar refractivity (Wildman–Crippen MR) is 110 cm³/mol. The number of nitrogens with zero attached hydrogens (tertiary/aromatic N) is 1. The van der Waals surface area contributed by atoms with Crippen LogP contribution in [0, 0.1) is 0 Å². The molecule has 2 aromatic rings. The monoisotopic (exact) mass is 398 g/mol. The first-order valence-electron chi connectivity index (χ1n) is 9.38. The van der Waals surface area contributed by atoms with Crippen LogP contribution in [0.4, 0.5) is 0 Å². The third kappa shape index (κ3) is 7.75. The molecule has 1 aliphatic rings. The van der Waals surface area contributed by atoms with Crippen LogP contribution in [0.15, 0.2) is 53.5 Å². The summed E-state index contributed by atoms with van der Waals surface area (Å²) in [6.45, 7) is 6.63. The van der Waals surface area contributed by atoms with Crippen molar-refractivity contribution < 1.29 is 24.5 Å². The predicted octanol–water partition coefficient (Wildman–Crippen LogP) is 2.71. The van der Waals surface area contributed by atoms with Crippen molar-refractivity contribution in [3.05, 3.63) is 70.8 Å². The fraction of sp³-hybridized carbons (Fsp3) is 0.318. The first-order chi connectivity index (χ1) is 13.8. The summed E-state index contributed by atoms with van der Waals surface area (Å²) in [4.78, 5) is 22.7. The molecule has 0 saturated carbocycles. The standard InChI is InChI=1S/C20H24N2O.C2H2O4/c1-15(2)23-14-18-5-3-16(4-6-18)13-17-7-9-19(10-8-17)20-21-11-12-22-20;3-1(4)2(5)6/h3-10,15H,11-14H2,1-2H3,(H,21,22);(H,3,4)(H,5,6). The van der Waals surface area contributed by atoms with E-state index < -0.39 is 11.9 Å². The van der Waals surface area contributed by atoms with Crippen molar-refractivity contribution in [1.82, 2.24) is 5.32 Å². The van der Waals surface area contributed by atoms with Gasteiger partial charge in [-0.3, -0.25) is 4.99 Å². The highest BCUT2D eigenvalue weighted by molar-refractivity contribution is 6.27. The number of carboxylic acid groups (broad SMARTS) is 2. The van der Waals surface area contributed by atoms with E-state index >= 15 is 0 Å². The number of rotatable bonds is 6. The second-order valence-corrected chi connectivity index (χ2v) is 6.82. The first kappa shape index (κ1) is 22.1. The molecule has 154 valence electrons. The van der Waals surface area contributed by atoms with Gasteiger partial charge in [0.15, 0.2) is 0 Å². The number of carbonyl (C=O) groups is 2. The maximum atomic E-state index is 9.10. The molecule has 0 aliphatic carbocycles. The Morgan fingerprint density at radius 2 is 1.48 bits per heavy atom. The van der Waals surface area contributed by atoms with E-state index in [-0.39, 0.29) is 6.10 Å². The second kappa shape index (κ2) is 11.0. The van der Waals surface area contributed by atoms with Crippen LogP contribution in [0.1, 0.15) is 36.1 Å². The van der Waals surface area contributed by atoms with Gasteiger partial charge in [0, 0.05) is 12.1 Å². The van der Waals surface area contributed by atoms with Gasteiger partial charge >= 0.3 is 11.9 Å². The van der Waals surface area contributed by atoms with Crippen LogP contribution in [-0.2, 0) is 27.4 Å². The Kier molecular flexibility index (Phi) is 8.36. The van der Waals surface area contributed by atoms with Gasteiger partial charge in [0.2, 0.25) is 0 Å². The van der Waals surface area contributed by atoms with E-state index in [0.717, 1.165) is 25.3 Å². The molecule has 0 fully saturated rings. The van der Waals surface area contributed by atoms with Crippen LogP contribution in [0.2, 0.25) is 0 Å². The highest BCUT2D eigenvalue weighted by Crippen LogP contribution is 2.14. The lowest BCUT2D eigenvalue weighted by molar-refractivity contribution is -0.159. The number of benzene rings is 2. The topological polar surface area (TPSA) is 108 Å². The molecular formula is C22H26N2O5. The number of carboxylic acids is 2. The van der Waals surface area contributed by atoms with Crippen molar-refractivity contribution >= 4 is 17.8 Å². The summed E-state index contributed by atoms with van der Waals surface area (Å²) in [7, 11) is 0. The number of amidine groups is 1. The van der Waals surface area contributed by atoms with Crippen molar-refractivity contribution in [3.8, 4) is 0 Å². The van der Waals surface area contributed by atoms with Gasteiger partial charge in [-0.1, -0.05) is 48.5 Å². The zero-order valence-corrected chi connectivity index (χ0v) is 16.6. The fourth-order valence-corrected chi connectivity index (χ4v) is 2.62. The Morgan fingerprint density at radius 3 is 1.93 bits per heavy atom. The molecule has 0 amide bonds. The molecule has 3 N–H and O–H groups in total. The Balaban J connectivity index is 0.000000438. The summed E-state index contributed by atoms with van der Waals surface area (Å²) < 4.78 is 5.63.